The molecule has 2 aromatic heterocycles. The van der Waals surface area contributed by atoms with Gasteiger partial charge in [-0.3, -0.25) is 9.78 Å². The van der Waals surface area contributed by atoms with E-state index in [1.54, 1.807) is 43.3 Å². The molecule has 0 aliphatic heterocycles. The monoisotopic (exact) mass is 386 g/mol. The largest absolute Gasteiger partial charge is 0.497 e. The highest BCUT2D eigenvalue weighted by molar-refractivity contribution is 5.84. The second kappa shape index (κ2) is 7.72. The standard InChI is InChI=1S/C24H19FN2O2/c1-27-23(18-11-13-26-14-12-18)21(16-5-9-20(29-2)10-6-16)15-22(24(27)28)17-3-7-19(25)8-4-17/h3-15H,1-2H3. The molecule has 0 aliphatic rings. The van der Waals surface area contributed by atoms with Crippen LogP contribution in [0.4, 0.5) is 4.39 Å². The number of ether oxygens (including phenoxy) is 1. The number of methoxy groups -OCH3 is 1. The van der Waals surface area contributed by atoms with Gasteiger partial charge in [0.1, 0.15) is 11.6 Å². The van der Waals surface area contributed by atoms with E-state index < -0.39 is 0 Å². The first-order chi connectivity index (χ1) is 14.1. The fourth-order valence-corrected chi connectivity index (χ4v) is 3.42. The van der Waals surface area contributed by atoms with E-state index in [1.807, 2.05) is 42.5 Å². The molecule has 0 fully saturated rings. The first-order valence-corrected chi connectivity index (χ1v) is 9.13. The summed E-state index contributed by atoms with van der Waals surface area (Å²) in [6.07, 6.45) is 3.40. The number of aromatic nitrogens is 2. The van der Waals surface area contributed by atoms with Crippen molar-refractivity contribution in [3.05, 3.63) is 95.3 Å². The third kappa shape index (κ3) is 3.55. The van der Waals surface area contributed by atoms with Gasteiger partial charge in [-0.15, -0.1) is 0 Å². The van der Waals surface area contributed by atoms with E-state index in [0.717, 1.165) is 28.1 Å². The van der Waals surface area contributed by atoms with Crippen LogP contribution in [0, 0.1) is 5.82 Å². The van der Waals surface area contributed by atoms with Crippen molar-refractivity contribution in [2.24, 2.45) is 7.05 Å². The predicted molar refractivity (Wildman–Crippen MR) is 112 cm³/mol. The Labute approximate surface area is 167 Å². The van der Waals surface area contributed by atoms with Crippen LogP contribution in [0.15, 0.2) is 83.9 Å². The van der Waals surface area contributed by atoms with Crippen molar-refractivity contribution < 1.29 is 9.13 Å². The van der Waals surface area contributed by atoms with Crippen molar-refractivity contribution in [1.82, 2.24) is 9.55 Å². The summed E-state index contributed by atoms with van der Waals surface area (Å²) in [5.41, 5.74) is 4.53. The highest BCUT2D eigenvalue weighted by Crippen LogP contribution is 2.34. The Kier molecular flexibility index (Phi) is 4.96. The van der Waals surface area contributed by atoms with Crippen molar-refractivity contribution >= 4 is 0 Å². The molecular formula is C24H19FN2O2. The SMILES string of the molecule is COc1ccc(-c2cc(-c3ccc(F)cc3)c(=O)n(C)c2-c2ccncc2)cc1. The maximum absolute atomic E-state index is 13.4. The van der Waals surface area contributed by atoms with Gasteiger partial charge in [-0.05, 0) is 53.6 Å². The summed E-state index contributed by atoms with van der Waals surface area (Å²) < 4.78 is 20.3. The molecule has 2 heterocycles. The molecule has 0 bridgehead atoms. The number of benzene rings is 2. The Bertz CT molecular complexity index is 1200. The maximum Gasteiger partial charge on any atom is 0.258 e. The van der Waals surface area contributed by atoms with Crippen LogP contribution in [0.5, 0.6) is 5.75 Å². The highest BCUT2D eigenvalue weighted by atomic mass is 19.1. The van der Waals surface area contributed by atoms with Gasteiger partial charge in [-0.2, -0.15) is 0 Å². The number of nitrogens with zero attached hydrogens (tertiary/aromatic N) is 2. The van der Waals surface area contributed by atoms with Crippen molar-refractivity contribution in [2.45, 2.75) is 0 Å². The fourth-order valence-electron chi connectivity index (χ4n) is 3.42. The van der Waals surface area contributed by atoms with Crippen LogP contribution >= 0.6 is 0 Å². The van der Waals surface area contributed by atoms with Crippen LogP contribution in [0.2, 0.25) is 0 Å². The summed E-state index contributed by atoms with van der Waals surface area (Å²) >= 11 is 0. The van der Waals surface area contributed by atoms with Gasteiger partial charge in [0.05, 0.1) is 12.8 Å². The number of rotatable bonds is 4. The summed E-state index contributed by atoms with van der Waals surface area (Å²) in [7, 11) is 3.37. The lowest BCUT2D eigenvalue weighted by molar-refractivity contribution is 0.415. The average Bonchev–Trinajstić information content (AvgIpc) is 2.77. The molecular weight excluding hydrogens is 367 g/mol. The molecule has 4 nitrogen and oxygen atoms in total. The fraction of sp³-hybridized carbons (Fsp3) is 0.0833. The normalized spacial score (nSPS) is 10.7. The number of hydrogen-bond acceptors (Lipinski definition) is 3. The zero-order chi connectivity index (χ0) is 20.4. The molecule has 0 saturated heterocycles. The van der Waals surface area contributed by atoms with Gasteiger partial charge in [-0.25, -0.2) is 4.39 Å². The molecule has 0 unspecified atom stereocenters. The molecule has 29 heavy (non-hydrogen) atoms. The number of halogens is 1. The summed E-state index contributed by atoms with van der Waals surface area (Å²) in [5.74, 6) is 0.414. The molecule has 144 valence electrons. The van der Waals surface area contributed by atoms with Crippen molar-refractivity contribution in [3.63, 3.8) is 0 Å². The van der Waals surface area contributed by atoms with E-state index >= 15 is 0 Å². The smallest absolute Gasteiger partial charge is 0.258 e. The minimum absolute atomic E-state index is 0.152. The van der Waals surface area contributed by atoms with Crippen LogP contribution in [0.1, 0.15) is 0 Å². The molecule has 0 amide bonds. The van der Waals surface area contributed by atoms with Crippen LogP contribution in [0.3, 0.4) is 0 Å². The molecule has 5 heteroatoms. The Hall–Kier alpha value is -3.73. The quantitative estimate of drug-likeness (QED) is 0.500. The molecule has 4 aromatic rings. The molecule has 0 radical (unpaired) electrons. The van der Waals surface area contributed by atoms with E-state index in [1.165, 1.54) is 12.1 Å². The first kappa shape index (κ1) is 18.6. The molecule has 0 spiro atoms. The molecule has 4 rings (SSSR count). The second-order valence-corrected chi connectivity index (χ2v) is 6.66. The Balaban J connectivity index is 2.01. The van der Waals surface area contributed by atoms with E-state index in [2.05, 4.69) is 4.98 Å². The van der Waals surface area contributed by atoms with Crippen LogP contribution < -0.4 is 10.3 Å². The third-order valence-corrected chi connectivity index (χ3v) is 4.92. The second-order valence-electron chi connectivity index (χ2n) is 6.66. The average molecular weight is 386 g/mol. The molecule has 2 aromatic carbocycles. The molecule has 0 saturated carbocycles. The van der Waals surface area contributed by atoms with Crippen molar-refractivity contribution in [2.75, 3.05) is 7.11 Å². The lowest BCUT2D eigenvalue weighted by Crippen LogP contribution is -2.21. The summed E-state index contributed by atoms with van der Waals surface area (Å²) in [5, 5.41) is 0. The Morgan fingerprint density at radius 1 is 0.828 bits per heavy atom. The summed E-state index contributed by atoms with van der Waals surface area (Å²) in [6, 6.07) is 19.3. The van der Waals surface area contributed by atoms with E-state index in [4.69, 9.17) is 4.74 Å². The first-order valence-electron chi connectivity index (χ1n) is 9.13. The van der Waals surface area contributed by atoms with E-state index in [0.29, 0.717) is 11.1 Å². The minimum Gasteiger partial charge on any atom is -0.497 e. The Morgan fingerprint density at radius 3 is 2.03 bits per heavy atom. The lowest BCUT2D eigenvalue weighted by Gasteiger charge is -2.17. The topological polar surface area (TPSA) is 44.1 Å². The van der Waals surface area contributed by atoms with Gasteiger partial charge in [0.15, 0.2) is 0 Å². The van der Waals surface area contributed by atoms with Gasteiger partial charge in [0.2, 0.25) is 0 Å². The number of pyridine rings is 2. The van der Waals surface area contributed by atoms with Gasteiger partial charge < -0.3 is 9.30 Å². The zero-order valence-corrected chi connectivity index (χ0v) is 16.1. The van der Waals surface area contributed by atoms with Gasteiger partial charge in [-0.1, -0.05) is 24.3 Å². The van der Waals surface area contributed by atoms with Gasteiger partial charge in [0, 0.05) is 36.1 Å². The Morgan fingerprint density at radius 2 is 1.41 bits per heavy atom. The van der Waals surface area contributed by atoms with Crippen molar-refractivity contribution in [3.8, 4) is 39.3 Å². The predicted octanol–water partition coefficient (Wildman–Crippen LogP) is 4.93. The van der Waals surface area contributed by atoms with Gasteiger partial charge in [0.25, 0.3) is 5.56 Å². The molecule has 0 aliphatic carbocycles. The number of hydrogen-bond donors (Lipinski definition) is 0. The highest BCUT2D eigenvalue weighted by Gasteiger charge is 2.17. The molecule has 0 atom stereocenters. The third-order valence-electron chi connectivity index (χ3n) is 4.92. The zero-order valence-electron chi connectivity index (χ0n) is 16.1. The van der Waals surface area contributed by atoms with Crippen molar-refractivity contribution in [1.29, 1.82) is 0 Å². The van der Waals surface area contributed by atoms with E-state index in [9.17, 15) is 9.18 Å². The van der Waals surface area contributed by atoms with Crippen LogP contribution in [-0.2, 0) is 7.05 Å². The maximum atomic E-state index is 13.4. The lowest BCUT2D eigenvalue weighted by atomic mass is 9.95. The van der Waals surface area contributed by atoms with Crippen LogP contribution in [-0.4, -0.2) is 16.7 Å². The van der Waals surface area contributed by atoms with Crippen LogP contribution in [0.25, 0.3) is 33.5 Å². The molecule has 0 N–H and O–H groups in total. The summed E-state index contributed by atoms with van der Waals surface area (Å²) in [4.78, 5) is 17.2. The van der Waals surface area contributed by atoms with E-state index in [-0.39, 0.29) is 11.4 Å². The summed E-state index contributed by atoms with van der Waals surface area (Å²) in [6.45, 7) is 0. The van der Waals surface area contributed by atoms with Gasteiger partial charge >= 0.3 is 0 Å². The minimum atomic E-state index is -0.339.